The molecule has 0 saturated carbocycles. The van der Waals surface area contributed by atoms with E-state index in [1.807, 2.05) is 37.3 Å². The van der Waals surface area contributed by atoms with Crippen LogP contribution in [0.15, 0.2) is 59.8 Å². The first-order valence-electron chi connectivity index (χ1n) is 8.49. The lowest BCUT2D eigenvalue weighted by atomic mass is 10.3. The van der Waals surface area contributed by atoms with Gasteiger partial charge in [0.05, 0.1) is 10.9 Å². The normalized spacial score (nSPS) is 12.1. The van der Waals surface area contributed by atoms with Crippen molar-refractivity contribution in [3.8, 4) is 11.4 Å². The number of H-pyrrole nitrogens is 1. The van der Waals surface area contributed by atoms with Gasteiger partial charge in [-0.3, -0.25) is 5.10 Å². The number of benzene rings is 2. The van der Waals surface area contributed by atoms with Crippen molar-refractivity contribution in [3.63, 3.8) is 0 Å². The maximum Gasteiger partial charge on any atom is 0.209 e. The number of hydrogen-bond donors (Lipinski definition) is 1. The zero-order chi connectivity index (χ0) is 19.3. The number of aromatic nitrogens is 7. The highest BCUT2D eigenvalue weighted by molar-refractivity contribution is 7.99. The van der Waals surface area contributed by atoms with Gasteiger partial charge < -0.3 is 4.74 Å². The number of nitrogens with zero attached hydrogens (tertiary/aromatic N) is 6. The van der Waals surface area contributed by atoms with Gasteiger partial charge in [-0.25, -0.2) is 4.98 Å². The van der Waals surface area contributed by atoms with Gasteiger partial charge in [-0.05, 0) is 53.7 Å². The number of para-hydroxylation sites is 1. The molecule has 8 nitrogen and oxygen atoms in total. The fourth-order valence-corrected chi connectivity index (χ4v) is 3.44. The summed E-state index contributed by atoms with van der Waals surface area (Å²) in [5.74, 6) is 2.07. The summed E-state index contributed by atoms with van der Waals surface area (Å²) in [7, 11) is 0. The summed E-state index contributed by atoms with van der Waals surface area (Å²) in [5, 5.41) is 20.4. The second-order valence-electron chi connectivity index (χ2n) is 5.85. The van der Waals surface area contributed by atoms with Gasteiger partial charge in [-0.2, -0.15) is 4.68 Å². The van der Waals surface area contributed by atoms with Crippen LogP contribution in [0.1, 0.15) is 23.8 Å². The van der Waals surface area contributed by atoms with Crippen LogP contribution in [0.4, 0.5) is 0 Å². The third kappa shape index (κ3) is 4.32. The number of tetrazole rings is 1. The Morgan fingerprint density at radius 3 is 2.71 bits per heavy atom. The Morgan fingerprint density at radius 2 is 1.93 bits per heavy atom. The number of nitrogens with one attached hydrogen (secondary N) is 1. The van der Waals surface area contributed by atoms with Gasteiger partial charge in [-0.15, -0.1) is 10.2 Å². The van der Waals surface area contributed by atoms with Crippen LogP contribution in [0.2, 0.25) is 5.02 Å². The molecule has 0 saturated heterocycles. The summed E-state index contributed by atoms with van der Waals surface area (Å²) >= 11 is 7.34. The molecule has 4 rings (SSSR count). The summed E-state index contributed by atoms with van der Waals surface area (Å²) < 4.78 is 7.39. The number of halogens is 1. The van der Waals surface area contributed by atoms with Crippen LogP contribution in [0.25, 0.3) is 5.69 Å². The van der Waals surface area contributed by atoms with Gasteiger partial charge in [0, 0.05) is 5.02 Å². The molecule has 28 heavy (non-hydrogen) atoms. The number of aromatic amines is 1. The van der Waals surface area contributed by atoms with E-state index >= 15 is 0 Å². The van der Waals surface area contributed by atoms with E-state index in [1.165, 1.54) is 11.8 Å². The third-order valence-corrected chi connectivity index (χ3v) is 5.05. The Kier molecular flexibility index (Phi) is 5.54. The standard InChI is InChI=1S/C18H16ClN7OS/c1-12(17-22-24-25-26(17)14-5-3-2-4-6-14)28-18-20-16(21-23-18)11-27-15-9-7-13(19)8-10-15/h2-10,12H,11H2,1H3,(H,20,21,23)/t12-/m1/s1. The van der Waals surface area contributed by atoms with Crippen molar-refractivity contribution in [2.45, 2.75) is 23.9 Å². The predicted octanol–water partition coefficient (Wildman–Crippen LogP) is 3.87. The molecule has 142 valence electrons. The van der Waals surface area contributed by atoms with Crippen LogP contribution >= 0.6 is 23.4 Å². The lowest BCUT2D eigenvalue weighted by molar-refractivity contribution is 0.296. The Hall–Kier alpha value is -2.91. The smallest absolute Gasteiger partial charge is 0.209 e. The Labute approximate surface area is 170 Å². The van der Waals surface area contributed by atoms with Gasteiger partial charge in [0.2, 0.25) is 5.16 Å². The molecule has 0 aliphatic rings. The highest BCUT2D eigenvalue weighted by Crippen LogP contribution is 2.32. The second kappa shape index (κ2) is 8.41. The SMILES string of the molecule is C[C@@H](Sc1n[nH]c(COc2ccc(Cl)cc2)n1)c1nnnn1-c1ccccc1. The monoisotopic (exact) mass is 413 g/mol. The molecule has 10 heteroatoms. The van der Waals surface area contributed by atoms with Crippen LogP contribution in [0, 0.1) is 0 Å². The first-order chi connectivity index (χ1) is 13.7. The summed E-state index contributed by atoms with van der Waals surface area (Å²) in [6.07, 6.45) is 0. The average molecular weight is 414 g/mol. The molecule has 0 aliphatic carbocycles. The number of ether oxygens (including phenoxy) is 1. The van der Waals surface area contributed by atoms with E-state index in [1.54, 1.807) is 28.9 Å². The van der Waals surface area contributed by atoms with Crippen molar-refractivity contribution in [2.24, 2.45) is 0 Å². The van der Waals surface area contributed by atoms with Gasteiger partial charge >= 0.3 is 0 Å². The maximum atomic E-state index is 5.87. The molecule has 0 amide bonds. The molecule has 4 aromatic rings. The molecule has 1 N–H and O–H groups in total. The van der Waals surface area contributed by atoms with Crippen LogP contribution in [0.3, 0.4) is 0 Å². The summed E-state index contributed by atoms with van der Waals surface area (Å²) in [6, 6.07) is 16.9. The second-order valence-corrected chi connectivity index (χ2v) is 7.60. The Morgan fingerprint density at radius 1 is 1.14 bits per heavy atom. The molecule has 0 aliphatic heterocycles. The van der Waals surface area contributed by atoms with E-state index in [0.717, 1.165) is 11.5 Å². The van der Waals surface area contributed by atoms with Crippen molar-refractivity contribution in [3.05, 3.63) is 71.3 Å². The third-order valence-electron chi connectivity index (χ3n) is 3.84. The predicted molar refractivity (Wildman–Crippen MR) is 106 cm³/mol. The molecule has 2 aromatic carbocycles. The van der Waals surface area contributed by atoms with Crippen LogP contribution < -0.4 is 4.74 Å². The summed E-state index contributed by atoms with van der Waals surface area (Å²) in [5.41, 5.74) is 0.905. The van der Waals surface area contributed by atoms with E-state index < -0.39 is 0 Å². The first-order valence-corrected chi connectivity index (χ1v) is 9.75. The first kappa shape index (κ1) is 18.5. The summed E-state index contributed by atoms with van der Waals surface area (Å²) in [4.78, 5) is 4.46. The molecule has 0 spiro atoms. The van der Waals surface area contributed by atoms with Crippen LogP contribution in [0.5, 0.6) is 5.75 Å². The highest BCUT2D eigenvalue weighted by Gasteiger charge is 2.19. The van der Waals surface area contributed by atoms with Crippen molar-refractivity contribution >= 4 is 23.4 Å². The molecule has 0 radical (unpaired) electrons. The molecule has 0 bridgehead atoms. The van der Waals surface area contributed by atoms with Gasteiger partial charge in [-0.1, -0.05) is 41.6 Å². The van der Waals surface area contributed by atoms with Crippen molar-refractivity contribution in [2.75, 3.05) is 0 Å². The fourth-order valence-electron chi connectivity index (χ4n) is 2.49. The van der Waals surface area contributed by atoms with Crippen LogP contribution in [-0.2, 0) is 6.61 Å². The van der Waals surface area contributed by atoms with Crippen molar-refractivity contribution in [1.29, 1.82) is 0 Å². The zero-order valence-corrected chi connectivity index (χ0v) is 16.4. The highest BCUT2D eigenvalue weighted by atomic mass is 35.5. The minimum absolute atomic E-state index is 0.0453. The maximum absolute atomic E-state index is 5.87. The molecule has 2 heterocycles. The lowest BCUT2D eigenvalue weighted by Gasteiger charge is -2.09. The average Bonchev–Trinajstić information content (AvgIpc) is 3.38. The summed E-state index contributed by atoms with van der Waals surface area (Å²) in [6.45, 7) is 2.29. The largest absolute Gasteiger partial charge is 0.486 e. The van der Waals surface area contributed by atoms with Gasteiger partial charge in [0.1, 0.15) is 12.4 Å². The van der Waals surface area contributed by atoms with Crippen molar-refractivity contribution in [1.82, 2.24) is 35.4 Å². The lowest BCUT2D eigenvalue weighted by Crippen LogP contribution is -2.05. The van der Waals surface area contributed by atoms with E-state index in [2.05, 4.69) is 30.7 Å². The molecular weight excluding hydrogens is 398 g/mol. The van der Waals surface area contributed by atoms with E-state index in [-0.39, 0.29) is 11.9 Å². The molecule has 1 atom stereocenters. The molecule has 0 fully saturated rings. The quantitative estimate of drug-likeness (QED) is 0.459. The Bertz CT molecular complexity index is 1040. The van der Waals surface area contributed by atoms with Gasteiger partial charge in [0.25, 0.3) is 0 Å². The molecular formula is C18H16ClN7OS. The minimum Gasteiger partial charge on any atom is -0.486 e. The number of hydrogen-bond acceptors (Lipinski definition) is 7. The van der Waals surface area contributed by atoms with E-state index in [9.17, 15) is 0 Å². The van der Waals surface area contributed by atoms with Gasteiger partial charge in [0.15, 0.2) is 11.6 Å². The zero-order valence-electron chi connectivity index (χ0n) is 14.9. The Balaban J connectivity index is 1.40. The van der Waals surface area contributed by atoms with E-state index in [0.29, 0.717) is 21.8 Å². The number of thioether (sulfide) groups is 1. The van der Waals surface area contributed by atoms with E-state index in [4.69, 9.17) is 16.3 Å². The molecule has 0 unspecified atom stereocenters. The fraction of sp³-hybridized carbons (Fsp3) is 0.167. The number of rotatable bonds is 7. The minimum atomic E-state index is -0.0453. The van der Waals surface area contributed by atoms with Crippen molar-refractivity contribution < 1.29 is 4.74 Å². The van der Waals surface area contributed by atoms with Crippen LogP contribution in [-0.4, -0.2) is 35.4 Å². The topological polar surface area (TPSA) is 94.4 Å². The molecule has 2 aromatic heterocycles.